The lowest BCUT2D eigenvalue weighted by Gasteiger charge is -2.14. The fourth-order valence-electron chi connectivity index (χ4n) is 0.635. The van der Waals surface area contributed by atoms with Crippen molar-refractivity contribution >= 4 is 0 Å². The summed E-state index contributed by atoms with van der Waals surface area (Å²) in [7, 11) is 0. The van der Waals surface area contributed by atoms with Crippen molar-refractivity contribution in [2.45, 2.75) is 27.2 Å². The maximum atomic E-state index is 5.45. The topological polar surface area (TPSA) is 26.0 Å². The summed E-state index contributed by atoms with van der Waals surface area (Å²) in [6, 6.07) is 0. The van der Waals surface area contributed by atoms with Gasteiger partial charge in [-0.15, -0.1) is 0 Å². The monoisotopic (exact) mass is 115 g/mol. The van der Waals surface area contributed by atoms with Crippen LogP contribution in [0.5, 0.6) is 0 Å². The molecule has 50 valence electrons. The first-order chi connectivity index (χ1) is 3.72. The summed E-state index contributed by atoms with van der Waals surface area (Å²) < 4.78 is 0. The van der Waals surface area contributed by atoms with E-state index in [0.29, 0.717) is 5.92 Å². The third kappa shape index (κ3) is 2.31. The Morgan fingerprint density at radius 1 is 1.25 bits per heavy atom. The second-order valence-corrected chi connectivity index (χ2v) is 2.60. The van der Waals surface area contributed by atoms with Crippen LogP contribution < -0.4 is 5.73 Å². The van der Waals surface area contributed by atoms with Gasteiger partial charge < -0.3 is 5.73 Å². The molecule has 0 spiro atoms. The van der Waals surface area contributed by atoms with E-state index in [1.54, 1.807) is 0 Å². The molecule has 0 bridgehead atoms. The molecule has 0 saturated carbocycles. The maximum Gasteiger partial charge on any atom is -0.00490 e. The van der Waals surface area contributed by atoms with Gasteiger partial charge in [-0.2, -0.15) is 0 Å². The molecular weight excluding hydrogens is 98.1 g/mol. The van der Waals surface area contributed by atoms with Crippen LogP contribution in [0.2, 0.25) is 0 Å². The van der Waals surface area contributed by atoms with Crippen LogP contribution in [0.3, 0.4) is 0 Å². The summed E-state index contributed by atoms with van der Waals surface area (Å²) in [6.07, 6.45) is 1.25. The molecule has 0 radical (unpaired) electrons. The Bertz CT molecular complexity index is 44.3. The van der Waals surface area contributed by atoms with E-state index < -0.39 is 0 Å². The molecule has 0 aromatic rings. The zero-order valence-electron chi connectivity index (χ0n) is 6.15. The molecule has 0 saturated heterocycles. The van der Waals surface area contributed by atoms with Gasteiger partial charge in [-0.05, 0) is 18.4 Å². The van der Waals surface area contributed by atoms with Crippen molar-refractivity contribution in [1.29, 1.82) is 0 Å². The summed E-state index contributed by atoms with van der Waals surface area (Å²) in [5.74, 6) is 1.49. The van der Waals surface area contributed by atoms with Gasteiger partial charge in [0.15, 0.2) is 0 Å². The van der Waals surface area contributed by atoms with Crippen molar-refractivity contribution < 1.29 is 0 Å². The van der Waals surface area contributed by atoms with Crippen molar-refractivity contribution in [2.24, 2.45) is 17.6 Å². The molecule has 0 aliphatic rings. The molecule has 0 heterocycles. The zero-order chi connectivity index (χ0) is 6.57. The van der Waals surface area contributed by atoms with E-state index in [-0.39, 0.29) is 0 Å². The van der Waals surface area contributed by atoms with Crippen LogP contribution >= 0.6 is 0 Å². The quantitative estimate of drug-likeness (QED) is 0.594. The molecular formula is C7H17N. The van der Waals surface area contributed by atoms with Gasteiger partial charge >= 0.3 is 0 Å². The summed E-state index contributed by atoms with van der Waals surface area (Å²) >= 11 is 0. The molecule has 1 unspecified atom stereocenters. The predicted octanol–water partition coefficient (Wildman–Crippen LogP) is 1.63. The lowest BCUT2D eigenvalue weighted by atomic mass is 9.94. The van der Waals surface area contributed by atoms with Gasteiger partial charge in [-0.25, -0.2) is 0 Å². The Balaban J connectivity index is 3.29. The van der Waals surface area contributed by atoms with Gasteiger partial charge in [0.05, 0.1) is 0 Å². The highest BCUT2D eigenvalue weighted by molar-refractivity contribution is 4.59. The molecule has 0 aromatic carbocycles. The van der Waals surface area contributed by atoms with Crippen LogP contribution in [0, 0.1) is 11.8 Å². The second kappa shape index (κ2) is 3.90. The number of hydrogen-bond donors (Lipinski definition) is 1. The second-order valence-electron chi connectivity index (χ2n) is 2.60. The van der Waals surface area contributed by atoms with Gasteiger partial charge in [0, 0.05) is 0 Å². The Morgan fingerprint density at radius 2 is 1.75 bits per heavy atom. The Hall–Kier alpha value is -0.0400. The average molecular weight is 115 g/mol. The third-order valence-electron chi connectivity index (χ3n) is 1.99. The van der Waals surface area contributed by atoms with Crippen molar-refractivity contribution in [1.82, 2.24) is 0 Å². The van der Waals surface area contributed by atoms with Crippen LogP contribution in [0.4, 0.5) is 0 Å². The molecule has 0 aliphatic heterocycles. The molecule has 0 aliphatic carbocycles. The van der Waals surface area contributed by atoms with Crippen LogP contribution in [-0.4, -0.2) is 6.54 Å². The minimum atomic E-state index is 0.694. The van der Waals surface area contributed by atoms with E-state index in [2.05, 4.69) is 20.8 Å². The van der Waals surface area contributed by atoms with Gasteiger partial charge in [0.25, 0.3) is 0 Å². The smallest absolute Gasteiger partial charge is 0.00490 e. The first-order valence-corrected chi connectivity index (χ1v) is 3.42. The van der Waals surface area contributed by atoms with E-state index in [1.807, 2.05) is 0 Å². The third-order valence-corrected chi connectivity index (χ3v) is 1.99. The Kier molecular flexibility index (Phi) is 3.88. The number of hydrogen-bond acceptors (Lipinski definition) is 1. The fraction of sp³-hybridized carbons (Fsp3) is 1.00. The minimum absolute atomic E-state index is 0.694. The van der Waals surface area contributed by atoms with Crippen molar-refractivity contribution in [3.05, 3.63) is 0 Å². The molecule has 2 atom stereocenters. The Morgan fingerprint density at radius 3 is 1.88 bits per heavy atom. The highest BCUT2D eigenvalue weighted by Crippen LogP contribution is 2.11. The van der Waals surface area contributed by atoms with Crippen LogP contribution in [0.1, 0.15) is 27.2 Å². The average Bonchev–Trinajstić information content (AvgIpc) is 1.84. The van der Waals surface area contributed by atoms with Gasteiger partial charge in [-0.1, -0.05) is 27.2 Å². The molecule has 0 amide bonds. The highest BCUT2D eigenvalue weighted by atomic mass is 14.5. The standard InChI is InChI=1S/C7H17N/c1-4-6(2)7(3)5-8/h6-7H,4-5,8H2,1-3H3/t6?,7-/m0/s1. The van der Waals surface area contributed by atoms with Crippen LogP contribution in [0.25, 0.3) is 0 Å². The first kappa shape index (κ1) is 7.96. The molecule has 0 aromatic heterocycles. The fourth-order valence-corrected chi connectivity index (χ4v) is 0.635. The van der Waals surface area contributed by atoms with Crippen LogP contribution in [0.15, 0.2) is 0 Å². The Labute approximate surface area is 52.3 Å². The van der Waals surface area contributed by atoms with E-state index in [4.69, 9.17) is 5.73 Å². The normalized spacial score (nSPS) is 18.0. The largest absolute Gasteiger partial charge is 0.330 e. The summed E-state index contributed by atoms with van der Waals surface area (Å²) in [5.41, 5.74) is 5.45. The first-order valence-electron chi connectivity index (χ1n) is 3.42. The van der Waals surface area contributed by atoms with E-state index in [0.717, 1.165) is 12.5 Å². The molecule has 1 heteroatoms. The van der Waals surface area contributed by atoms with Crippen LogP contribution in [-0.2, 0) is 0 Å². The summed E-state index contributed by atoms with van der Waals surface area (Å²) in [4.78, 5) is 0. The van der Waals surface area contributed by atoms with Crippen molar-refractivity contribution in [3.8, 4) is 0 Å². The number of nitrogens with two attached hydrogens (primary N) is 1. The van der Waals surface area contributed by atoms with Crippen molar-refractivity contribution in [2.75, 3.05) is 6.54 Å². The lowest BCUT2D eigenvalue weighted by molar-refractivity contribution is 0.386. The van der Waals surface area contributed by atoms with E-state index in [9.17, 15) is 0 Å². The summed E-state index contributed by atoms with van der Waals surface area (Å²) in [6.45, 7) is 7.48. The van der Waals surface area contributed by atoms with Gasteiger partial charge in [0.1, 0.15) is 0 Å². The van der Waals surface area contributed by atoms with E-state index in [1.165, 1.54) is 6.42 Å². The lowest BCUT2D eigenvalue weighted by Crippen LogP contribution is -2.17. The maximum absolute atomic E-state index is 5.45. The van der Waals surface area contributed by atoms with Gasteiger partial charge in [0.2, 0.25) is 0 Å². The molecule has 0 rings (SSSR count). The van der Waals surface area contributed by atoms with Gasteiger partial charge in [-0.3, -0.25) is 0 Å². The SMILES string of the molecule is CCC(C)[C@@H](C)CN. The molecule has 8 heavy (non-hydrogen) atoms. The molecule has 0 fully saturated rings. The summed E-state index contributed by atoms with van der Waals surface area (Å²) in [5, 5.41) is 0. The molecule has 1 nitrogen and oxygen atoms in total. The highest BCUT2D eigenvalue weighted by Gasteiger charge is 2.05. The predicted molar refractivity (Wildman–Crippen MR) is 37.7 cm³/mol. The molecule has 2 N–H and O–H groups in total. The number of rotatable bonds is 3. The van der Waals surface area contributed by atoms with E-state index >= 15 is 0 Å². The zero-order valence-corrected chi connectivity index (χ0v) is 6.15. The minimum Gasteiger partial charge on any atom is -0.330 e. The van der Waals surface area contributed by atoms with Crippen molar-refractivity contribution in [3.63, 3.8) is 0 Å².